The molecular formula is C23H23F4N3O3. The summed E-state index contributed by atoms with van der Waals surface area (Å²) in [5.74, 6) is -1.75. The van der Waals surface area contributed by atoms with Crippen molar-refractivity contribution in [2.45, 2.75) is 37.5 Å². The number of hydrogen-bond donors (Lipinski definition) is 1. The number of fused-ring (bicyclic) bond motifs is 1. The van der Waals surface area contributed by atoms with Gasteiger partial charge in [0, 0.05) is 24.2 Å². The molecular weight excluding hydrogens is 442 g/mol. The van der Waals surface area contributed by atoms with Crippen molar-refractivity contribution in [2.75, 3.05) is 7.11 Å². The summed E-state index contributed by atoms with van der Waals surface area (Å²) in [6.07, 6.45) is -3.94. The molecule has 10 heteroatoms. The second kappa shape index (κ2) is 9.30. The van der Waals surface area contributed by atoms with E-state index >= 15 is 0 Å². The lowest BCUT2D eigenvalue weighted by Crippen LogP contribution is -2.47. The van der Waals surface area contributed by atoms with Crippen LogP contribution in [-0.4, -0.2) is 40.0 Å². The zero-order chi connectivity index (χ0) is 24.4. The van der Waals surface area contributed by atoms with Crippen molar-refractivity contribution < 1.29 is 27.4 Å². The van der Waals surface area contributed by atoms with Crippen LogP contribution in [0.15, 0.2) is 52.4 Å². The highest BCUT2D eigenvalue weighted by Gasteiger charge is 2.53. The van der Waals surface area contributed by atoms with Crippen LogP contribution >= 0.6 is 0 Å². The van der Waals surface area contributed by atoms with Gasteiger partial charge in [0.1, 0.15) is 0 Å². The number of hydrogen-bond acceptors (Lipinski definition) is 5. The van der Waals surface area contributed by atoms with Crippen molar-refractivity contribution in [3.05, 3.63) is 64.3 Å². The van der Waals surface area contributed by atoms with Gasteiger partial charge in [-0.3, -0.25) is 9.79 Å². The molecule has 2 aromatic carbocycles. The van der Waals surface area contributed by atoms with E-state index in [1.165, 1.54) is 50.7 Å². The zero-order valence-electron chi connectivity index (χ0n) is 18.2. The van der Waals surface area contributed by atoms with E-state index in [2.05, 4.69) is 10.1 Å². The van der Waals surface area contributed by atoms with Gasteiger partial charge in [0.05, 0.1) is 24.4 Å². The molecule has 176 valence electrons. The molecule has 2 unspecified atom stereocenters. The molecule has 3 rings (SSSR count). The molecule has 0 spiro atoms. The maximum absolute atomic E-state index is 14.1. The summed E-state index contributed by atoms with van der Waals surface area (Å²) in [5.41, 5.74) is -3.48. The second-order valence-electron chi connectivity index (χ2n) is 7.66. The minimum absolute atomic E-state index is 0.0526. The molecule has 1 N–H and O–H groups in total. The van der Waals surface area contributed by atoms with Crippen LogP contribution in [-0.2, 0) is 7.05 Å². The number of aromatic nitrogens is 2. The van der Waals surface area contributed by atoms with E-state index in [0.717, 1.165) is 10.7 Å². The van der Waals surface area contributed by atoms with E-state index in [1.807, 2.05) is 0 Å². The first-order valence-electron chi connectivity index (χ1n) is 10.1. The molecule has 0 aliphatic carbocycles. The number of ether oxygens (including phenoxy) is 1. The molecule has 0 bridgehead atoms. The Morgan fingerprint density at radius 2 is 1.91 bits per heavy atom. The standard InChI is InChI=1S/C23H23F4N3O3/c1-4-14(15-7-5-9-18(24)20(15)33-3)11-22(32,23(25,26)27)13-28-19-10-6-8-16-17(19)12-29-30(2)21(16)31/h5-10,12-14,32H,4,11H2,1-3H3/b28-13+. The average Bonchev–Trinajstić information content (AvgIpc) is 2.77. The third-order valence-electron chi connectivity index (χ3n) is 5.57. The molecule has 0 amide bonds. The zero-order valence-corrected chi connectivity index (χ0v) is 18.2. The molecule has 0 aliphatic heterocycles. The first-order chi connectivity index (χ1) is 15.5. The van der Waals surface area contributed by atoms with E-state index in [9.17, 15) is 27.5 Å². The average molecular weight is 465 g/mol. The first-order valence-corrected chi connectivity index (χ1v) is 10.1. The van der Waals surface area contributed by atoms with Crippen LogP contribution in [0.5, 0.6) is 5.75 Å². The molecule has 1 aromatic heterocycles. The van der Waals surface area contributed by atoms with Gasteiger partial charge in [-0.15, -0.1) is 0 Å². The Kier molecular flexibility index (Phi) is 6.87. The number of nitrogens with zero attached hydrogens (tertiary/aromatic N) is 3. The lowest BCUT2D eigenvalue weighted by molar-refractivity contribution is -0.232. The number of methoxy groups -OCH3 is 1. The smallest absolute Gasteiger partial charge is 0.422 e. The minimum Gasteiger partial charge on any atom is -0.493 e. The molecule has 33 heavy (non-hydrogen) atoms. The Morgan fingerprint density at radius 1 is 1.21 bits per heavy atom. The quantitative estimate of drug-likeness (QED) is 0.407. The van der Waals surface area contributed by atoms with Gasteiger partial charge in [-0.05, 0) is 37.0 Å². The van der Waals surface area contributed by atoms with Crippen molar-refractivity contribution in [3.8, 4) is 5.75 Å². The number of aliphatic hydroxyl groups is 1. The van der Waals surface area contributed by atoms with Crippen molar-refractivity contribution in [3.63, 3.8) is 0 Å². The molecule has 2 atom stereocenters. The van der Waals surface area contributed by atoms with Gasteiger partial charge in [-0.25, -0.2) is 9.07 Å². The van der Waals surface area contributed by atoms with E-state index in [4.69, 9.17) is 4.74 Å². The fraction of sp³-hybridized carbons (Fsp3) is 0.348. The maximum Gasteiger partial charge on any atom is 0.422 e. The largest absolute Gasteiger partial charge is 0.493 e. The van der Waals surface area contributed by atoms with Crippen molar-refractivity contribution in [1.29, 1.82) is 0 Å². The monoisotopic (exact) mass is 465 g/mol. The molecule has 3 aromatic rings. The molecule has 0 fully saturated rings. The number of rotatable bonds is 7. The second-order valence-corrected chi connectivity index (χ2v) is 7.66. The SMILES string of the molecule is CCC(CC(O)(/C=N/c1cccc2c(=O)n(C)ncc12)C(F)(F)F)c1cccc(F)c1OC. The molecule has 1 heterocycles. The van der Waals surface area contributed by atoms with Crippen LogP contribution in [0.2, 0.25) is 0 Å². The van der Waals surface area contributed by atoms with E-state index in [-0.39, 0.29) is 34.2 Å². The molecule has 6 nitrogen and oxygen atoms in total. The normalized spacial score (nSPS) is 15.0. The lowest BCUT2D eigenvalue weighted by atomic mass is 9.84. The minimum atomic E-state index is -5.07. The molecule has 0 saturated carbocycles. The van der Waals surface area contributed by atoms with Crippen LogP contribution in [0.1, 0.15) is 31.2 Å². The summed E-state index contributed by atoms with van der Waals surface area (Å²) >= 11 is 0. The van der Waals surface area contributed by atoms with Gasteiger partial charge in [-0.1, -0.05) is 25.1 Å². The highest BCUT2D eigenvalue weighted by molar-refractivity contribution is 5.93. The van der Waals surface area contributed by atoms with Gasteiger partial charge < -0.3 is 9.84 Å². The predicted molar refractivity (Wildman–Crippen MR) is 117 cm³/mol. The van der Waals surface area contributed by atoms with E-state index in [1.54, 1.807) is 6.92 Å². The van der Waals surface area contributed by atoms with Gasteiger partial charge >= 0.3 is 6.18 Å². The van der Waals surface area contributed by atoms with Crippen molar-refractivity contribution in [2.24, 2.45) is 12.0 Å². The summed E-state index contributed by atoms with van der Waals surface area (Å²) in [5, 5.41) is 15.1. The maximum atomic E-state index is 14.1. The molecule has 0 aliphatic rings. The van der Waals surface area contributed by atoms with Gasteiger partial charge in [0.2, 0.25) is 0 Å². The Morgan fingerprint density at radius 3 is 2.55 bits per heavy atom. The van der Waals surface area contributed by atoms with Crippen LogP contribution in [0.25, 0.3) is 10.8 Å². The van der Waals surface area contributed by atoms with Gasteiger partial charge in [0.15, 0.2) is 17.2 Å². The topological polar surface area (TPSA) is 76.7 Å². The van der Waals surface area contributed by atoms with E-state index < -0.39 is 35.5 Å². The number of aryl methyl sites for hydroxylation is 1. The fourth-order valence-electron chi connectivity index (χ4n) is 3.69. The highest BCUT2D eigenvalue weighted by atomic mass is 19.4. The van der Waals surface area contributed by atoms with Crippen LogP contribution in [0.4, 0.5) is 23.2 Å². The Balaban J connectivity index is 2.05. The van der Waals surface area contributed by atoms with Crippen LogP contribution in [0, 0.1) is 5.82 Å². The van der Waals surface area contributed by atoms with Gasteiger partial charge in [0.25, 0.3) is 5.56 Å². The Labute approximate surface area is 187 Å². The molecule has 0 radical (unpaired) electrons. The number of para-hydroxylation sites is 1. The molecule has 0 saturated heterocycles. The summed E-state index contributed by atoms with van der Waals surface area (Å²) < 4.78 is 62.3. The Hall–Kier alpha value is -3.27. The van der Waals surface area contributed by atoms with E-state index in [0.29, 0.717) is 6.21 Å². The third-order valence-corrected chi connectivity index (χ3v) is 5.57. The summed E-state index contributed by atoms with van der Waals surface area (Å²) in [7, 11) is 2.68. The third kappa shape index (κ3) is 4.75. The number of benzene rings is 2. The fourth-order valence-corrected chi connectivity index (χ4v) is 3.69. The summed E-state index contributed by atoms with van der Waals surface area (Å²) in [6, 6.07) is 8.40. The summed E-state index contributed by atoms with van der Waals surface area (Å²) in [6.45, 7) is 1.63. The first kappa shape index (κ1) is 24.4. The summed E-state index contributed by atoms with van der Waals surface area (Å²) in [4.78, 5) is 16.1. The van der Waals surface area contributed by atoms with Crippen molar-refractivity contribution >= 4 is 22.7 Å². The van der Waals surface area contributed by atoms with Crippen LogP contribution in [0.3, 0.4) is 0 Å². The predicted octanol–water partition coefficient (Wildman–Crippen LogP) is 4.66. The number of halogens is 4. The highest BCUT2D eigenvalue weighted by Crippen LogP contribution is 2.42. The van der Waals surface area contributed by atoms with Crippen molar-refractivity contribution in [1.82, 2.24) is 9.78 Å². The van der Waals surface area contributed by atoms with Crippen LogP contribution < -0.4 is 10.3 Å². The number of alkyl halides is 3. The Bertz CT molecular complexity index is 1240. The van der Waals surface area contributed by atoms with Gasteiger partial charge in [-0.2, -0.15) is 18.3 Å². The lowest BCUT2D eigenvalue weighted by Gasteiger charge is -2.31. The number of aliphatic imine (C=N–C) groups is 1.